The van der Waals surface area contributed by atoms with E-state index in [9.17, 15) is 4.79 Å². The summed E-state index contributed by atoms with van der Waals surface area (Å²) in [6, 6.07) is 8.85. The first-order valence-electron chi connectivity index (χ1n) is 7.97. The van der Waals surface area contributed by atoms with Crippen molar-refractivity contribution in [1.29, 1.82) is 0 Å². The van der Waals surface area contributed by atoms with Crippen LogP contribution in [0.3, 0.4) is 0 Å². The van der Waals surface area contributed by atoms with Crippen LogP contribution < -0.4 is 4.74 Å². The molecule has 24 heavy (non-hydrogen) atoms. The van der Waals surface area contributed by atoms with Gasteiger partial charge in [0.2, 0.25) is 0 Å². The minimum Gasteiger partial charge on any atom is -0.467 e. The van der Waals surface area contributed by atoms with Gasteiger partial charge in [-0.2, -0.15) is 0 Å². The number of H-pyrrole nitrogens is 1. The van der Waals surface area contributed by atoms with Gasteiger partial charge in [0.25, 0.3) is 5.91 Å². The van der Waals surface area contributed by atoms with Gasteiger partial charge in [-0.05, 0) is 42.0 Å². The summed E-state index contributed by atoms with van der Waals surface area (Å²) in [6.07, 6.45) is 7.08. The van der Waals surface area contributed by atoms with Gasteiger partial charge in [-0.25, -0.2) is 9.97 Å². The molecule has 122 valence electrons. The molecule has 1 aliphatic rings. The molecule has 0 unspecified atom stereocenters. The van der Waals surface area contributed by atoms with Crippen LogP contribution in [0.5, 0.6) is 6.01 Å². The Morgan fingerprint density at radius 2 is 2.08 bits per heavy atom. The van der Waals surface area contributed by atoms with Crippen LogP contribution in [-0.2, 0) is 6.54 Å². The van der Waals surface area contributed by atoms with Crippen LogP contribution in [0.1, 0.15) is 28.8 Å². The number of nitrogens with one attached hydrogen (secondary N) is 1. The van der Waals surface area contributed by atoms with E-state index in [1.807, 2.05) is 17.2 Å². The van der Waals surface area contributed by atoms with Crippen LogP contribution in [-0.4, -0.2) is 38.9 Å². The Balaban J connectivity index is 1.57. The number of carbonyl (C=O) groups is 1. The Morgan fingerprint density at radius 3 is 2.79 bits per heavy atom. The molecule has 6 heteroatoms. The third-order valence-corrected chi connectivity index (χ3v) is 4.28. The van der Waals surface area contributed by atoms with Crippen molar-refractivity contribution in [2.24, 2.45) is 0 Å². The van der Waals surface area contributed by atoms with Gasteiger partial charge < -0.3 is 14.6 Å². The number of benzene rings is 1. The van der Waals surface area contributed by atoms with E-state index in [-0.39, 0.29) is 11.9 Å². The van der Waals surface area contributed by atoms with Crippen molar-refractivity contribution in [3.05, 3.63) is 54.0 Å². The maximum absolute atomic E-state index is 12.8. The second kappa shape index (κ2) is 5.96. The van der Waals surface area contributed by atoms with Crippen LogP contribution in [0, 0.1) is 0 Å². The highest BCUT2D eigenvalue weighted by molar-refractivity contribution is 5.94. The number of methoxy groups -OCH3 is 1. The molecule has 1 N–H and O–H groups in total. The molecule has 0 bridgehead atoms. The molecular weight excluding hydrogens is 304 g/mol. The fourth-order valence-electron chi connectivity index (χ4n) is 2.85. The first-order chi connectivity index (χ1) is 11.7. The molecule has 0 aliphatic heterocycles. The van der Waals surface area contributed by atoms with E-state index in [2.05, 4.69) is 33.2 Å². The minimum absolute atomic E-state index is 0.0330. The summed E-state index contributed by atoms with van der Waals surface area (Å²) in [7, 11) is 1.50. The Kier molecular flexibility index (Phi) is 3.65. The van der Waals surface area contributed by atoms with Crippen LogP contribution in [0.25, 0.3) is 10.9 Å². The second-order valence-corrected chi connectivity index (χ2v) is 6.02. The van der Waals surface area contributed by atoms with Gasteiger partial charge >= 0.3 is 6.01 Å². The van der Waals surface area contributed by atoms with Crippen LogP contribution >= 0.6 is 0 Å². The number of aromatic amines is 1. The van der Waals surface area contributed by atoms with Crippen molar-refractivity contribution in [3.63, 3.8) is 0 Å². The summed E-state index contributed by atoms with van der Waals surface area (Å²) >= 11 is 0. The first-order valence-corrected chi connectivity index (χ1v) is 7.97. The molecule has 1 aliphatic carbocycles. The molecule has 4 rings (SSSR count). The molecule has 1 fully saturated rings. The topological polar surface area (TPSA) is 71.1 Å². The average molecular weight is 322 g/mol. The smallest absolute Gasteiger partial charge is 0.316 e. The van der Waals surface area contributed by atoms with Gasteiger partial charge in [0, 0.05) is 36.7 Å². The molecule has 0 radical (unpaired) electrons. The molecule has 3 aromatic rings. The fraction of sp³-hybridized carbons (Fsp3) is 0.278. The molecule has 1 amide bonds. The van der Waals surface area contributed by atoms with Crippen molar-refractivity contribution in [2.45, 2.75) is 25.4 Å². The van der Waals surface area contributed by atoms with Crippen molar-refractivity contribution < 1.29 is 9.53 Å². The molecule has 6 nitrogen and oxygen atoms in total. The average Bonchev–Trinajstić information content (AvgIpc) is 3.36. The van der Waals surface area contributed by atoms with E-state index in [0.717, 1.165) is 29.3 Å². The predicted octanol–water partition coefficient (Wildman–Crippen LogP) is 2.77. The van der Waals surface area contributed by atoms with Crippen LogP contribution in [0.15, 0.2) is 42.9 Å². The van der Waals surface area contributed by atoms with Gasteiger partial charge in [0.15, 0.2) is 0 Å². The number of rotatable bonds is 5. The molecule has 0 spiro atoms. The van der Waals surface area contributed by atoms with Crippen molar-refractivity contribution in [2.75, 3.05) is 7.11 Å². The number of nitrogens with zero attached hydrogens (tertiary/aromatic N) is 3. The number of amides is 1. The zero-order valence-corrected chi connectivity index (χ0v) is 13.4. The summed E-state index contributed by atoms with van der Waals surface area (Å²) in [5, 5.41) is 1.16. The van der Waals surface area contributed by atoms with Crippen molar-refractivity contribution in [1.82, 2.24) is 19.9 Å². The quantitative estimate of drug-likeness (QED) is 0.784. The Morgan fingerprint density at radius 1 is 1.29 bits per heavy atom. The molecule has 2 heterocycles. The lowest BCUT2D eigenvalue weighted by Crippen LogP contribution is -2.32. The predicted molar refractivity (Wildman–Crippen MR) is 89.8 cm³/mol. The van der Waals surface area contributed by atoms with Gasteiger partial charge in [-0.3, -0.25) is 4.79 Å². The Hall–Kier alpha value is -2.89. The lowest BCUT2D eigenvalue weighted by Gasteiger charge is -2.22. The summed E-state index contributed by atoms with van der Waals surface area (Å²) in [5.41, 5.74) is 2.72. The fourth-order valence-corrected chi connectivity index (χ4v) is 2.85. The second-order valence-electron chi connectivity index (χ2n) is 6.02. The van der Waals surface area contributed by atoms with Crippen molar-refractivity contribution >= 4 is 16.8 Å². The summed E-state index contributed by atoms with van der Waals surface area (Å²) < 4.78 is 4.95. The first kappa shape index (κ1) is 14.7. The molecule has 1 aromatic carbocycles. The highest BCUT2D eigenvalue weighted by Gasteiger charge is 2.33. The number of carbonyl (C=O) groups excluding carboxylic acids is 1. The number of ether oxygens (including phenoxy) is 1. The molecule has 0 atom stereocenters. The third kappa shape index (κ3) is 2.82. The molecule has 0 saturated heterocycles. The zero-order chi connectivity index (χ0) is 16.5. The van der Waals surface area contributed by atoms with E-state index in [0.29, 0.717) is 18.2 Å². The molecule has 2 aromatic heterocycles. The van der Waals surface area contributed by atoms with E-state index in [1.54, 1.807) is 0 Å². The number of fused-ring (bicyclic) bond motifs is 1. The third-order valence-electron chi connectivity index (χ3n) is 4.28. The van der Waals surface area contributed by atoms with E-state index in [1.165, 1.54) is 19.5 Å². The normalized spacial score (nSPS) is 13.9. The standard InChI is InChI=1S/C18H18N4O2/c1-24-18-20-9-14(10-21-18)17(23)22(15-3-4-15)11-12-2-5-16-13(8-12)6-7-19-16/h2,5-10,15,19H,3-4,11H2,1H3. The lowest BCUT2D eigenvalue weighted by atomic mass is 10.1. The monoisotopic (exact) mass is 322 g/mol. The molecule has 1 saturated carbocycles. The van der Waals surface area contributed by atoms with Gasteiger partial charge in [-0.15, -0.1) is 0 Å². The number of aromatic nitrogens is 3. The largest absolute Gasteiger partial charge is 0.467 e. The maximum atomic E-state index is 12.8. The van der Waals surface area contributed by atoms with Gasteiger partial charge in [-0.1, -0.05) is 6.07 Å². The van der Waals surface area contributed by atoms with E-state index < -0.39 is 0 Å². The maximum Gasteiger partial charge on any atom is 0.316 e. The SMILES string of the molecule is COc1ncc(C(=O)N(Cc2ccc3[nH]ccc3c2)C2CC2)cn1. The minimum atomic E-state index is -0.0330. The number of hydrogen-bond acceptors (Lipinski definition) is 4. The van der Waals surface area contributed by atoms with Crippen LogP contribution in [0.2, 0.25) is 0 Å². The van der Waals surface area contributed by atoms with Gasteiger partial charge in [0.05, 0.1) is 12.7 Å². The van der Waals surface area contributed by atoms with E-state index in [4.69, 9.17) is 4.74 Å². The van der Waals surface area contributed by atoms with Crippen molar-refractivity contribution in [3.8, 4) is 6.01 Å². The Labute approximate surface area is 139 Å². The Bertz CT molecular complexity index is 868. The lowest BCUT2D eigenvalue weighted by molar-refractivity contribution is 0.0729. The highest BCUT2D eigenvalue weighted by Crippen LogP contribution is 2.30. The summed E-state index contributed by atoms with van der Waals surface area (Å²) in [4.78, 5) is 26.0. The summed E-state index contributed by atoms with van der Waals surface area (Å²) in [6.45, 7) is 0.594. The molecular formula is C18H18N4O2. The summed E-state index contributed by atoms with van der Waals surface area (Å²) in [5.74, 6) is -0.0330. The zero-order valence-electron chi connectivity index (χ0n) is 13.4. The van der Waals surface area contributed by atoms with E-state index >= 15 is 0 Å². The van der Waals surface area contributed by atoms with Gasteiger partial charge in [0.1, 0.15) is 0 Å². The number of hydrogen-bond donors (Lipinski definition) is 1. The van der Waals surface area contributed by atoms with Crippen LogP contribution in [0.4, 0.5) is 0 Å². The highest BCUT2D eigenvalue weighted by atomic mass is 16.5.